The Bertz CT molecular complexity index is 489. The summed E-state index contributed by atoms with van der Waals surface area (Å²) in [6.07, 6.45) is 2.83. The minimum atomic E-state index is 0.303. The van der Waals surface area contributed by atoms with Gasteiger partial charge in [-0.25, -0.2) is 4.98 Å². The molecular formula is C11H11N3O. The second kappa shape index (κ2) is 3.57. The van der Waals surface area contributed by atoms with Gasteiger partial charge in [-0.05, 0) is 24.6 Å². The molecule has 0 aliphatic rings. The van der Waals surface area contributed by atoms with Crippen LogP contribution in [0.5, 0.6) is 0 Å². The summed E-state index contributed by atoms with van der Waals surface area (Å²) in [6.45, 7) is 1.93. The molecule has 0 atom stereocenters. The summed E-state index contributed by atoms with van der Waals surface area (Å²) in [6, 6.07) is 5.46. The summed E-state index contributed by atoms with van der Waals surface area (Å²) in [5.74, 6) is 0.448. The Hall–Kier alpha value is -2.10. The number of aromatic nitrogens is 1. The topological polar surface area (TPSA) is 75.9 Å². The van der Waals surface area contributed by atoms with Crippen molar-refractivity contribution in [2.75, 3.05) is 5.73 Å². The Morgan fingerprint density at radius 2 is 2.27 bits per heavy atom. The predicted molar refractivity (Wildman–Crippen MR) is 58.0 cm³/mol. The highest BCUT2D eigenvalue weighted by Crippen LogP contribution is 2.16. The lowest BCUT2D eigenvalue weighted by Crippen LogP contribution is -2.03. The minimum absolute atomic E-state index is 0.303. The molecule has 4 heteroatoms. The summed E-state index contributed by atoms with van der Waals surface area (Å²) in [4.78, 5) is 3.78. The summed E-state index contributed by atoms with van der Waals surface area (Å²) in [7, 11) is 0. The van der Waals surface area contributed by atoms with E-state index in [9.17, 15) is 0 Å². The molecule has 2 rings (SSSR count). The summed E-state index contributed by atoms with van der Waals surface area (Å²) in [5, 5.41) is 7.94. The van der Waals surface area contributed by atoms with Gasteiger partial charge in [0, 0.05) is 11.3 Å². The average molecular weight is 201 g/mol. The Morgan fingerprint density at radius 1 is 1.47 bits per heavy atom. The fourth-order valence-electron chi connectivity index (χ4n) is 1.38. The van der Waals surface area contributed by atoms with Crippen LogP contribution in [0.4, 0.5) is 5.69 Å². The molecule has 0 radical (unpaired) electrons. The Morgan fingerprint density at radius 3 is 2.93 bits per heavy atom. The molecule has 0 spiro atoms. The van der Waals surface area contributed by atoms with E-state index in [2.05, 4.69) is 4.98 Å². The standard InChI is InChI=1S/C11H11N3O/c1-7-2-3-8(12)4-9(7)11(13)10-5-14-6-15-10/h2-6,13H,12H2,1H3. The zero-order valence-corrected chi connectivity index (χ0v) is 8.32. The van der Waals surface area contributed by atoms with Gasteiger partial charge >= 0.3 is 0 Å². The molecule has 0 amide bonds. The lowest BCUT2D eigenvalue weighted by Gasteiger charge is -2.05. The van der Waals surface area contributed by atoms with Crippen LogP contribution in [-0.4, -0.2) is 10.7 Å². The first-order valence-corrected chi connectivity index (χ1v) is 4.52. The highest BCUT2D eigenvalue weighted by molar-refractivity contribution is 6.10. The number of hydrogen-bond donors (Lipinski definition) is 2. The van der Waals surface area contributed by atoms with Crippen LogP contribution in [-0.2, 0) is 0 Å². The average Bonchev–Trinajstić information content (AvgIpc) is 2.74. The zero-order valence-electron chi connectivity index (χ0n) is 8.32. The van der Waals surface area contributed by atoms with Gasteiger partial charge in [0.25, 0.3) is 0 Å². The number of nitrogens with two attached hydrogens (primary N) is 1. The third kappa shape index (κ3) is 1.74. The van der Waals surface area contributed by atoms with Crippen molar-refractivity contribution in [1.82, 2.24) is 4.98 Å². The first-order chi connectivity index (χ1) is 7.18. The predicted octanol–water partition coefficient (Wildman–Crippen LogP) is 1.98. The maximum absolute atomic E-state index is 7.94. The molecule has 2 aromatic rings. The monoisotopic (exact) mass is 201 g/mol. The Labute approximate surface area is 87.3 Å². The largest absolute Gasteiger partial charge is 0.442 e. The lowest BCUT2D eigenvalue weighted by molar-refractivity contribution is 0.548. The van der Waals surface area contributed by atoms with Crippen LogP contribution in [0.15, 0.2) is 35.2 Å². The lowest BCUT2D eigenvalue weighted by atomic mass is 10.0. The number of anilines is 1. The zero-order chi connectivity index (χ0) is 10.8. The van der Waals surface area contributed by atoms with Crippen molar-refractivity contribution in [3.8, 4) is 0 Å². The van der Waals surface area contributed by atoms with E-state index in [4.69, 9.17) is 15.6 Å². The highest BCUT2D eigenvalue weighted by atomic mass is 16.3. The number of benzene rings is 1. The molecule has 0 bridgehead atoms. The van der Waals surface area contributed by atoms with E-state index in [1.807, 2.05) is 19.1 Å². The van der Waals surface area contributed by atoms with Crippen molar-refractivity contribution < 1.29 is 4.42 Å². The van der Waals surface area contributed by atoms with Crippen molar-refractivity contribution in [3.05, 3.63) is 47.7 Å². The van der Waals surface area contributed by atoms with Crippen LogP contribution in [0.1, 0.15) is 16.9 Å². The summed E-state index contributed by atoms with van der Waals surface area (Å²) in [5.41, 5.74) is 8.38. The van der Waals surface area contributed by atoms with E-state index in [0.717, 1.165) is 11.1 Å². The molecule has 1 aromatic heterocycles. The van der Waals surface area contributed by atoms with Crippen LogP contribution in [0, 0.1) is 12.3 Å². The van der Waals surface area contributed by atoms with Crippen LogP contribution in [0.25, 0.3) is 0 Å². The Balaban J connectivity index is 2.46. The van der Waals surface area contributed by atoms with E-state index >= 15 is 0 Å². The van der Waals surface area contributed by atoms with Gasteiger partial charge in [0.2, 0.25) is 0 Å². The normalized spacial score (nSPS) is 10.2. The number of nitrogen functional groups attached to an aromatic ring is 1. The molecule has 4 nitrogen and oxygen atoms in total. The molecule has 1 aromatic carbocycles. The van der Waals surface area contributed by atoms with Crippen molar-refractivity contribution in [1.29, 1.82) is 5.41 Å². The first-order valence-electron chi connectivity index (χ1n) is 4.52. The molecule has 15 heavy (non-hydrogen) atoms. The van der Waals surface area contributed by atoms with E-state index in [1.165, 1.54) is 12.6 Å². The van der Waals surface area contributed by atoms with Crippen molar-refractivity contribution >= 4 is 11.4 Å². The third-order valence-electron chi connectivity index (χ3n) is 2.21. The molecule has 76 valence electrons. The molecule has 3 N–H and O–H groups in total. The van der Waals surface area contributed by atoms with Gasteiger partial charge in [-0.15, -0.1) is 0 Å². The van der Waals surface area contributed by atoms with E-state index in [0.29, 0.717) is 17.2 Å². The van der Waals surface area contributed by atoms with E-state index in [1.54, 1.807) is 6.07 Å². The smallest absolute Gasteiger partial charge is 0.181 e. The molecule has 0 aliphatic carbocycles. The molecule has 0 saturated heterocycles. The quantitative estimate of drug-likeness (QED) is 0.576. The summed E-state index contributed by atoms with van der Waals surface area (Å²) >= 11 is 0. The first kappa shape index (κ1) is 9.45. The molecule has 0 unspecified atom stereocenters. The summed E-state index contributed by atoms with van der Waals surface area (Å²) < 4.78 is 5.07. The third-order valence-corrected chi connectivity index (χ3v) is 2.21. The number of nitrogens with zero attached hydrogens (tertiary/aromatic N) is 1. The van der Waals surface area contributed by atoms with E-state index < -0.39 is 0 Å². The van der Waals surface area contributed by atoms with Crippen molar-refractivity contribution in [2.45, 2.75) is 6.92 Å². The fourth-order valence-corrected chi connectivity index (χ4v) is 1.38. The molecule has 1 heterocycles. The van der Waals surface area contributed by atoms with Gasteiger partial charge < -0.3 is 10.2 Å². The molecule has 0 aliphatic heterocycles. The number of nitrogens with one attached hydrogen (secondary N) is 1. The van der Waals surface area contributed by atoms with Crippen LogP contribution >= 0.6 is 0 Å². The number of hydrogen-bond acceptors (Lipinski definition) is 4. The van der Waals surface area contributed by atoms with Crippen molar-refractivity contribution in [3.63, 3.8) is 0 Å². The Kier molecular flexibility index (Phi) is 2.25. The second-order valence-corrected chi connectivity index (χ2v) is 3.32. The van der Waals surface area contributed by atoms with Gasteiger partial charge in [0.15, 0.2) is 12.2 Å². The van der Waals surface area contributed by atoms with Crippen LogP contribution in [0.2, 0.25) is 0 Å². The number of rotatable bonds is 2. The minimum Gasteiger partial charge on any atom is -0.442 e. The number of oxazole rings is 1. The maximum atomic E-state index is 7.94. The SMILES string of the molecule is Cc1ccc(N)cc1C(=N)c1cnco1. The van der Waals surface area contributed by atoms with Gasteiger partial charge in [-0.1, -0.05) is 6.07 Å². The fraction of sp³-hybridized carbons (Fsp3) is 0.0909. The van der Waals surface area contributed by atoms with Gasteiger partial charge in [-0.2, -0.15) is 0 Å². The molecular weight excluding hydrogens is 190 g/mol. The van der Waals surface area contributed by atoms with Crippen LogP contribution in [0.3, 0.4) is 0 Å². The molecule has 0 fully saturated rings. The van der Waals surface area contributed by atoms with Crippen molar-refractivity contribution in [2.24, 2.45) is 0 Å². The van der Waals surface area contributed by atoms with E-state index in [-0.39, 0.29) is 0 Å². The van der Waals surface area contributed by atoms with Crippen LogP contribution < -0.4 is 5.73 Å². The van der Waals surface area contributed by atoms with Gasteiger partial charge in [-0.3, -0.25) is 5.41 Å². The van der Waals surface area contributed by atoms with Gasteiger partial charge in [0.05, 0.1) is 6.20 Å². The maximum Gasteiger partial charge on any atom is 0.181 e. The number of aryl methyl sites for hydroxylation is 1. The highest BCUT2D eigenvalue weighted by Gasteiger charge is 2.10. The second-order valence-electron chi connectivity index (χ2n) is 3.32. The van der Waals surface area contributed by atoms with Gasteiger partial charge in [0.1, 0.15) is 5.71 Å². The molecule has 0 saturated carbocycles.